The zero-order chi connectivity index (χ0) is 20.4. The van der Waals surface area contributed by atoms with Crippen LogP contribution < -0.4 is 5.32 Å². The summed E-state index contributed by atoms with van der Waals surface area (Å²) in [5, 5.41) is 9.49. The van der Waals surface area contributed by atoms with Crippen LogP contribution in [0.4, 0.5) is 0 Å². The quantitative estimate of drug-likeness (QED) is 0.489. The Morgan fingerprint density at radius 3 is 2.69 bits per heavy atom. The zero-order valence-electron chi connectivity index (χ0n) is 16.5. The lowest BCUT2D eigenvalue weighted by Crippen LogP contribution is -2.26. The number of hydrogen-bond acceptors (Lipinski definition) is 2. The Labute approximate surface area is 174 Å². The van der Waals surface area contributed by atoms with E-state index in [2.05, 4.69) is 27.5 Å². The minimum absolute atomic E-state index is 0.0924. The largest absolute Gasteiger partial charge is 0.361 e. The van der Waals surface area contributed by atoms with Gasteiger partial charge in [-0.2, -0.15) is 5.10 Å². The molecule has 5 nitrogen and oxygen atoms in total. The summed E-state index contributed by atoms with van der Waals surface area (Å²) in [6.45, 7) is 4.89. The van der Waals surface area contributed by atoms with Gasteiger partial charge in [0.15, 0.2) is 0 Å². The van der Waals surface area contributed by atoms with Crippen molar-refractivity contribution < 1.29 is 4.79 Å². The lowest BCUT2D eigenvalue weighted by atomic mass is 10.1. The summed E-state index contributed by atoms with van der Waals surface area (Å²) in [4.78, 5) is 16.1. The highest BCUT2D eigenvalue weighted by Crippen LogP contribution is 2.20. The van der Waals surface area contributed by atoms with Crippen molar-refractivity contribution >= 4 is 28.4 Å². The molecule has 0 aliphatic heterocycles. The molecule has 0 radical (unpaired) electrons. The Hall–Kier alpha value is -3.05. The number of aryl methyl sites for hydroxylation is 1. The van der Waals surface area contributed by atoms with Gasteiger partial charge in [-0.15, -0.1) is 0 Å². The molecule has 0 aliphatic carbocycles. The first-order chi connectivity index (χ1) is 14.0. The van der Waals surface area contributed by atoms with Crippen LogP contribution in [0.5, 0.6) is 0 Å². The van der Waals surface area contributed by atoms with E-state index in [9.17, 15) is 4.79 Å². The van der Waals surface area contributed by atoms with Crippen molar-refractivity contribution in [2.24, 2.45) is 0 Å². The van der Waals surface area contributed by atoms with Gasteiger partial charge in [0.25, 0.3) is 5.91 Å². The Balaban J connectivity index is 1.45. The van der Waals surface area contributed by atoms with E-state index in [1.807, 2.05) is 61.1 Å². The minimum atomic E-state index is -0.0924. The van der Waals surface area contributed by atoms with E-state index >= 15 is 0 Å². The molecule has 2 aromatic carbocycles. The molecule has 0 atom stereocenters. The molecule has 6 heteroatoms. The smallest absolute Gasteiger partial charge is 0.255 e. The zero-order valence-corrected chi connectivity index (χ0v) is 17.3. The maximum Gasteiger partial charge on any atom is 0.255 e. The van der Waals surface area contributed by atoms with Crippen molar-refractivity contribution in [3.8, 4) is 0 Å². The summed E-state index contributed by atoms with van der Waals surface area (Å²) in [6, 6.07) is 15.9. The number of benzene rings is 2. The van der Waals surface area contributed by atoms with Crippen molar-refractivity contribution in [1.29, 1.82) is 0 Å². The first-order valence-electron chi connectivity index (χ1n) is 9.65. The molecule has 148 valence electrons. The molecule has 29 heavy (non-hydrogen) atoms. The molecule has 4 rings (SSSR count). The molecule has 0 unspecified atom stereocenters. The van der Waals surface area contributed by atoms with Crippen LogP contribution in [0.2, 0.25) is 5.02 Å². The average molecular weight is 407 g/mol. The number of rotatable bonds is 6. The van der Waals surface area contributed by atoms with E-state index < -0.39 is 0 Å². The molecule has 0 spiro atoms. The van der Waals surface area contributed by atoms with Gasteiger partial charge in [0.1, 0.15) is 0 Å². The van der Waals surface area contributed by atoms with Gasteiger partial charge >= 0.3 is 0 Å². The van der Waals surface area contributed by atoms with E-state index in [1.54, 1.807) is 0 Å². The van der Waals surface area contributed by atoms with Crippen molar-refractivity contribution in [3.63, 3.8) is 0 Å². The number of carbonyl (C=O) groups excluding carboxylic acids is 1. The normalized spacial score (nSPS) is 11.1. The minimum Gasteiger partial charge on any atom is -0.361 e. The average Bonchev–Trinajstić information content (AvgIpc) is 3.24. The Morgan fingerprint density at radius 1 is 1.10 bits per heavy atom. The summed E-state index contributed by atoms with van der Waals surface area (Å²) < 4.78 is 1.84. The molecule has 1 amide bonds. The number of halogens is 1. The maximum absolute atomic E-state index is 12.8. The van der Waals surface area contributed by atoms with Crippen LogP contribution >= 0.6 is 11.6 Å². The van der Waals surface area contributed by atoms with Crippen LogP contribution in [-0.2, 0) is 13.0 Å². The predicted molar refractivity (Wildman–Crippen MR) is 117 cm³/mol. The summed E-state index contributed by atoms with van der Waals surface area (Å²) in [5.41, 5.74) is 5.48. The number of H-pyrrole nitrogens is 1. The monoisotopic (exact) mass is 406 g/mol. The number of nitrogens with zero attached hydrogens (tertiary/aromatic N) is 2. The van der Waals surface area contributed by atoms with E-state index in [0.29, 0.717) is 23.7 Å². The number of nitrogens with one attached hydrogen (secondary N) is 2. The number of fused-ring (bicyclic) bond motifs is 1. The fourth-order valence-electron chi connectivity index (χ4n) is 3.70. The van der Waals surface area contributed by atoms with Crippen molar-refractivity contribution in [1.82, 2.24) is 20.1 Å². The summed E-state index contributed by atoms with van der Waals surface area (Å²) >= 11 is 6.27. The summed E-state index contributed by atoms with van der Waals surface area (Å²) in [6.07, 6.45) is 2.77. The van der Waals surface area contributed by atoms with Gasteiger partial charge in [-0.3, -0.25) is 9.48 Å². The number of hydrogen-bond donors (Lipinski definition) is 2. The number of para-hydroxylation sites is 1. The molecule has 4 aromatic rings. The molecule has 0 saturated carbocycles. The highest BCUT2D eigenvalue weighted by atomic mass is 35.5. The van der Waals surface area contributed by atoms with Gasteiger partial charge in [-0.25, -0.2) is 0 Å². The summed E-state index contributed by atoms with van der Waals surface area (Å²) in [5.74, 6) is -0.0924. The lowest BCUT2D eigenvalue weighted by Gasteiger charge is -2.08. The van der Waals surface area contributed by atoms with Crippen LogP contribution in [0.25, 0.3) is 10.9 Å². The lowest BCUT2D eigenvalue weighted by molar-refractivity contribution is 0.0953. The number of aromatic amines is 1. The van der Waals surface area contributed by atoms with Gasteiger partial charge in [-0.05, 0) is 43.5 Å². The van der Waals surface area contributed by atoms with Crippen molar-refractivity contribution in [3.05, 3.63) is 87.8 Å². The third-order valence-electron chi connectivity index (χ3n) is 5.24. The van der Waals surface area contributed by atoms with Crippen LogP contribution in [0.3, 0.4) is 0 Å². The number of aromatic nitrogens is 3. The maximum atomic E-state index is 12.8. The Kier molecular flexibility index (Phi) is 5.41. The predicted octanol–water partition coefficient (Wildman–Crippen LogP) is 4.66. The van der Waals surface area contributed by atoms with Gasteiger partial charge in [-0.1, -0.05) is 48.0 Å². The second kappa shape index (κ2) is 8.13. The SMILES string of the molecule is Cc1nn(Cc2ccccc2Cl)c(C)c1C(=O)NCCc1c[nH]c2ccccc12. The first kappa shape index (κ1) is 19.3. The van der Waals surface area contributed by atoms with Gasteiger partial charge in [0, 0.05) is 34.4 Å². The van der Waals surface area contributed by atoms with Gasteiger partial charge < -0.3 is 10.3 Å². The molecule has 0 aliphatic rings. The highest BCUT2D eigenvalue weighted by Gasteiger charge is 2.19. The van der Waals surface area contributed by atoms with Crippen molar-refractivity contribution in [2.75, 3.05) is 6.54 Å². The molecule has 2 N–H and O–H groups in total. The standard InChI is InChI=1S/C23H23ClN4O/c1-15-22(16(2)28(27-15)14-18-7-3-5-9-20(18)24)23(29)25-12-11-17-13-26-21-10-6-4-8-19(17)21/h3-10,13,26H,11-12,14H2,1-2H3,(H,25,29). The number of amides is 1. The van der Waals surface area contributed by atoms with Crippen LogP contribution in [-0.4, -0.2) is 27.2 Å². The third kappa shape index (κ3) is 3.91. The first-order valence-corrected chi connectivity index (χ1v) is 10.0. The molecule has 0 bridgehead atoms. The molecule has 0 fully saturated rings. The van der Waals surface area contributed by atoms with Crippen LogP contribution in [0.1, 0.15) is 32.9 Å². The van der Waals surface area contributed by atoms with Crippen LogP contribution in [0, 0.1) is 13.8 Å². The van der Waals surface area contributed by atoms with E-state index in [4.69, 9.17) is 11.6 Å². The molecule has 2 heterocycles. The second-order valence-electron chi connectivity index (χ2n) is 7.16. The van der Waals surface area contributed by atoms with E-state index in [0.717, 1.165) is 28.9 Å². The highest BCUT2D eigenvalue weighted by molar-refractivity contribution is 6.31. The van der Waals surface area contributed by atoms with E-state index in [-0.39, 0.29) is 5.91 Å². The fourth-order valence-corrected chi connectivity index (χ4v) is 3.90. The third-order valence-corrected chi connectivity index (χ3v) is 5.61. The molecular weight excluding hydrogens is 384 g/mol. The summed E-state index contributed by atoms with van der Waals surface area (Å²) in [7, 11) is 0. The Bertz CT molecular complexity index is 1170. The molecular formula is C23H23ClN4O. The molecule has 0 saturated heterocycles. The van der Waals surface area contributed by atoms with Gasteiger partial charge in [0.2, 0.25) is 0 Å². The van der Waals surface area contributed by atoms with Gasteiger partial charge in [0.05, 0.1) is 17.8 Å². The molecule has 2 aromatic heterocycles. The van der Waals surface area contributed by atoms with E-state index in [1.165, 1.54) is 10.9 Å². The fraction of sp³-hybridized carbons (Fsp3) is 0.217. The van der Waals surface area contributed by atoms with Crippen molar-refractivity contribution in [2.45, 2.75) is 26.8 Å². The Morgan fingerprint density at radius 2 is 1.86 bits per heavy atom. The van der Waals surface area contributed by atoms with Crippen LogP contribution in [0.15, 0.2) is 54.7 Å². The topological polar surface area (TPSA) is 62.7 Å². The number of carbonyl (C=O) groups is 1. The second-order valence-corrected chi connectivity index (χ2v) is 7.57.